The van der Waals surface area contributed by atoms with Crippen LogP contribution in [0.15, 0.2) is 24.3 Å². The minimum atomic E-state index is 0.126. The van der Waals surface area contributed by atoms with E-state index in [1.165, 1.54) is 11.3 Å². The molecule has 0 aromatic heterocycles. The van der Waals surface area contributed by atoms with E-state index in [0.29, 0.717) is 0 Å². The first kappa shape index (κ1) is 9.07. The molecule has 66 valence electrons. The number of benzene rings is 1. The highest BCUT2D eigenvalue weighted by Crippen LogP contribution is 2.15. The van der Waals surface area contributed by atoms with Crippen LogP contribution in [0.1, 0.15) is 18.5 Å². The molecule has 0 fully saturated rings. The van der Waals surface area contributed by atoms with E-state index >= 15 is 0 Å². The van der Waals surface area contributed by atoms with Gasteiger partial charge in [0, 0.05) is 25.8 Å². The van der Waals surface area contributed by atoms with Crippen LogP contribution in [0.4, 0.5) is 5.69 Å². The molecule has 1 aromatic carbocycles. The third kappa shape index (κ3) is 1.98. The molecule has 1 unspecified atom stereocenters. The van der Waals surface area contributed by atoms with Crippen molar-refractivity contribution in [2.75, 3.05) is 19.0 Å². The van der Waals surface area contributed by atoms with Crippen LogP contribution < -0.4 is 10.6 Å². The molecule has 0 bridgehead atoms. The molecule has 1 atom stereocenters. The predicted octanol–water partition coefficient (Wildman–Crippen LogP) is 1.77. The lowest BCUT2D eigenvalue weighted by Gasteiger charge is -2.13. The second-order valence-electron chi connectivity index (χ2n) is 3.27. The van der Waals surface area contributed by atoms with Crippen LogP contribution in [0.3, 0.4) is 0 Å². The van der Waals surface area contributed by atoms with Crippen molar-refractivity contribution >= 4 is 5.69 Å². The Morgan fingerprint density at radius 3 is 2.00 bits per heavy atom. The summed E-state index contributed by atoms with van der Waals surface area (Å²) >= 11 is 0. The Balaban J connectivity index is 2.86. The zero-order chi connectivity index (χ0) is 9.14. The first-order chi connectivity index (χ1) is 5.61. The van der Waals surface area contributed by atoms with Gasteiger partial charge in [-0.3, -0.25) is 0 Å². The molecule has 0 aliphatic rings. The van der Waals surface area contributed by atoms with Gasteiger partial charge in [0.25, 0.3) is 0 Å². The zero-order valence-electron chi connectivity index (χ0n) is 7.91. The monoisotopic (exact) mass is 164 g/mol. The molecule has 2 heteroatoms. The fraction of sp³-hybridized carbons (Fsp3) is 0.400. The zero-order valence-corrected chi connectivity index (χ0v) is 7.91. The lowest BCUT2D eigenvalue weighted by atomic mass is 10.1. The normalized spacial score (nSPS) is 12.7. The summed E-state index contributed by atoms with van der Waals surface area (Å²) in [6, 6.07) is 8.43. The standard InChI is InChI=1S/C10H16N2/c1-8(11)9-4-6-10(7-5-9)12(2)3/h4-8H,11H2,1-3H3. The molecule has 0 saturated heterocycles. The predicted molar refractivity (Wildman–Crippen MR) is 53.4 cm³/mol. The number of anilines is 1. The van der Waals surface area contributed by atoms with Gasteiger partial charge < -0.3 is 10.6 Å². The second kappa shape index (κ2) is 3.59. The first-order valence-corrected chi connectivity index (χ1v) is 4.14. The lowest BCUT2D eigenvalue weighted by Crippen LogP contribution is -2.09. The van der Waals surface area contributed by atoms with Crippen LogP contribution in [-0.4, -0.2) is 14.1 Å². The smallest absolute Gasteiger partial charge is 0.0361 e. The van der Waals surface area contributed by atoms with Gasteiger partial charge in [-0.1, -0.05) is 12.1 Å². The maximum absolute atomic E-state index is 5.73. The van der Waals surface area contributed by atoms with Crippen molar-refractivity contribution in [2.45, 2.75) is 13.0 Å². The maximum Gasteiger partial charge on any atom is 0.0361 e. The number of nitrogens with two attached hydrogens (primary N) is 1. The molecule has 0 spiro atoms. The largest absolute Gasteiger partial charge is 0.378 e. The number of hydrogen-bond acceptors (Lipinski definition) is 2. The van der Waals surface area contributed by atoms with E-state index in [-0.39, 0.29) is 6.04 Å². The van der Waals surface area contributed by atoms with Crippen molar-refractivity contribution in [2.24, 2.45) is 5.73 Å². The minimum Gasteiger partial charge on any atom is -0.378 e. The summed E-state index contributed by atoms with van der Waals surface area (Å²) in [5.74, 6) is 0. The Hall–Kier alpha value is -1.02. The summed E-state index contributed by atoms with van der Waals surface area (Å²) in [6.07, 6.45) is 0. The fourth-order valence-corrected chi connectivity index (χ4v) is 1.08. The second-order valence-corrected chi connectivity index (χ2v) is 3.27. The molecule has 0 aliphatic carbocycles. The number of nitrogens with zero attached hydrogens (tertiary/aromatic N) is 1. The first-order valence-electron chi connectivity index (χ1n) is 4.14. The van der Waals surface area contributed by atoms with Crippen LogP contribution in [0.2, 0.25) is 0 Å². The van der Waals surface area contributed by atoms with Crippen LogP contribution in [0.5, 0.6) is 0 Å². The van der Waals surface area contributed by atoms with E-state index in [4.69, 9.17) is 5.73 Å². The fourth-order valence-electron chi connectivity index (χ4n) is 1.08. The summed E-state index contributed by atoms with van der Waals surface area (Å²) in [4.78, 5) is 2.07. The molecule has 12 heavy (non-hydrogen) atoms. The Morgan fingerprint density at radius 2 is 1.67 bits per heavy atom. The third-order valence-corrected chi connectivity index (χ3v) is 1.94. The molecule has 0 heterocycles. The van der Waals surface area contributed by atoms with Crippen molar-refractivity contribution < 1.29 is 0 Å². The van der Waals surface area contributed by atoms with Crippen molar-refractivity contribution in [1.29, 1.82) is 0 Å². The van der Waals surface area contributed by atoms with Gasteiger partial charge in [-0.2, -0.15) is 0 Å². The van der Waals surface area contributed by atoms with E-state index < -0.39 is 0 Å². The molecule has 1 rings (SSSR count). The Morgan fingerprint density at radius 1 is 1.17 bits per heavy atom. The molecule has 0 aliphatic heterocycles. The number of rotatable bonds is 2. The highest BCUT2D eigenvalue weighted by atomic mass is 15.1. The van der Waals surface area contributed by atoms with E-state index in [2.05, 4.69) is 29.2 Å². The molecule has 0 amide bonds. The van der Waals surface area contributed by atoms with E-state index in [1.807, 2.05) is 21.0 Å². The molecule has 0 saturated carbocycles. The van der Waals surface area contributed by atoms with Crippen molar-refractivity contribution in [3.63, 3.8) is 0 Å². The van der Waals surface area contributed by atoms with Crippen LogP contribution in [0.25, 0.3) is 0 Å². The molecule has 2 N–H and O–H groups in total. The third-order valence-electron chi connectivity index (χ3n) is 1.94. The topological polar surface area (TPSA) is 29.3 Å². The van der Waals surface area contributed by atoms with Gasteiger partial charge in [0.2, 0.25) is 0 Å². The van der Waals surface area contributed by atoms with Gasteiger partial charge >= 0.3 is 0 Å². The SMILES string of the molecule is CC(N)c1ccc(N(C)C)cc1. The maximum atomic E-state index is 5.73. The molecule has 2 nitrogen and oxygen atoms in total. The van der Waals surface area contributed by atoms with Gasteiger partial charge in [0.1, 0.15) is 0 Å². The molecular weight excluding hydrogens is 148 g/mol. The summed E-state index contributed by atoms with van der Waals surface area (Å²) in [5.41, 5.74) is 8.12. The van der Waals surface area contributed by atoms with E-state index in [0.717, 1.165) is 0 Å². The van der Waals surface area contributed by atoms with Crippen molar-refractivity contribution in [1.82, 2.24) is 0 Å². The molecule has 0 radical (unpaired) electrons. The van der Waals surface area contributed by atoms with Gasteiger partial charge in [-0.05, 0) is 24.6 Å². The van der Waals surface area contributed by atoms with Gasteiger partial charge in [-0.15, -0.1) is 0 Å². The highest BCUT2D eigenvalue weighted by molar-refractivity contribution is 5.46. The Labute approximate surface area is 74.0 Å². The Bertz CT molecular complexity index is 210. The van der Waals surface area contributed by atoms with Gasteiger partial charge in [-0.25, -0.2) is 0 Å². The van der Waals surface area contributed by atoms with Crippen molar-refractivity contribution in [3.05, 3.63) is 29.8 Å². The summed E-state index contributed by atoms with van der Waals surface area (Å²) in [6.45, 7) is 1.99. The minimum absolute atomic E-state index is 0.126. The quantitative estimate of drug-likeness (QED) is 0.721. The average molecular weight is 164 g/mol. The lowest BCUT2D eigenvalue weighted by molar-refractivity contribution is 0.818. The molecule has 1 aromatic rings. The van der Waals surface area contributed by atoms with Crippen molar-refractivity contribution in [3.8, 4) is 0 Å². The van der Waals surface area contributed by atoms with E-state index in [9.17, 15) is 0 Å². The van der Waals surface area contributed by atoms with Crippen LogP contribution in [-0.2, 0) is 0 Å². The summed E-state index contributed by atoms with van der Waals surface area (Å²) in [7, 11) is 4.06. The summed E-state index contributed by atoms with van der Waals surface area (Å²) in [5, 5.41) is 0. The number of hydrogen-bond donors (Lipinski definition) is 1. The molecular formula is C10H16N2. The summed E-state index contributed by atoms with van der Waals surface area (Å²) < 4.78 is 0. The van der Waals surface area contributed by atoms with Gasteiger partial charge in [0.15, 0.2) is 0 Å². The van der Waals surface area contributed by atoms with E-state index in [1.54, 1.807) is 0 Å². The van der Waals surface area contributed by atoms with Crippen LogP contribution >= 0.6 is 0 Å². The average Bonchev–Trinajstić information content (AvgIpc) is 2.04. The van der Waals surface area contributed by atoms with Crippen LogP contribution in [0, 0.1) is 0 Å². The van der Waals surface area contributed by atoms with Gasteiger partial charge in [0.05, 0.1) is 0 Å². The highest BCUT2D eigenvalue weighted by Gasteiger charge is 1.99. The Kier molecular flexibility index (Phi) is 2.71.